The van der Waals surface area contributed by atoms with Crippen molar-refractivity contribution >= 4 is 22.7 Å². The maximum absolute atomic E-state index is 13.9. The van der Waals surface area contributed by atoms with E-state index in [2.05, 4.69) is 22.6 Å². The van der Waals surface area contributed by atoms with E-state index in [-0.39, 0.29) is 24.4 Å². The van der Waals surface area contributed by atoms with Crippen molar-refractivity contribution in [3.05, 3.63) is 54.9 Å². The van der Waals surface area contributed by atoms with Crippen molar-refractivity contribution in [3.8, 4) is 17.4 Å². The Morgan fingerprint density at radius 3 is 2.84 bits per heavy atom. The predicted molar refractivity (Wildman–Crippen MR) is 156 cm³/mol. The van der Waals surface area contributed by atoms with Crippen molar-refractivity contribution in [2.75, 3.05) is 27.2 Å². The number of carbonyl (C=O) groups is 2. The van der Waals surface area contributed by atoms with Gasteiger partial charge in [0.1, 0.15) is 24.0 Å². The maximum Gasteiger partial charge on any atom is 0.320 e. The van der Waals surface area contributed by atoms with E-state index in [1.54, 1.807) is 41.0 Å². The first kappa shape index (κ1) is 27.7. The SMILES string of the molecule is COc1ccc2c(O[C@@H]3C[C@H]4C(=O)N[C@]5(C6OC6O)C[C@H]5/C=C\CCCCN(C)C(=O)N4C3)nc(-n3cccn3)cc2c1. The molecule has 3 aromatic rings. The summed E-state index contributed by atoms with van der Waals surface area (Å²) in [5.41, 5.74) is -0.661. The van der Waals surface area contributed by atoms with Gasteiger partial charge in [0, 0.05) is 43.7 Å². The molecule has 0 bridgehead atoms. The summed E-state index contributed by atoms with van der Waals surface area (Å²) in [7, 11) is 3.39. The lowest BCUT2D eigenvalue weighted by Crippen LogP contribution is -2.54. The molecule has 3 amide bonds. The highest BCUT2D eigenvalue weighted by atomic mass is 16.7. The van der Waals surface area contributed by atoms with Crippen LogP contribution in [0.1, 0.15) is 32.1 Å². The molecule has 0 radical (unpaired) electrons. The Balaban J connectivity index is 1.19. The number of urea groups is 1. The van der Waals surface area contributed by atoms with Gasteiger partial charge in [0.25, 0.3) is 0 Å². The van der Waals surface area contributed by atoms with Gasteiger partial charge in [-0.05, 0) is 61.4 Å². The third-order valence-corrected chi connectivity index (χ3v) is 9.02. The van der Waals surface area contributed by atoms with E-state index >= 15 is 0 Å². The molecule has 2 saturated heterocycles. The number of aromatic nitrogens is 3. The van der Waals surface area contributed by atoms with Crippen LogP contribution in [0.4, 0.5) is 4.79 Å². The van der Waals surface area contributed by atoms with E-state index in [0.717, 1.165) is 30.0 Å². The average Bonchev–Trinajstić information content (AvgIpc) is 3.72. The number of epoxide rings is 1. The minimum absolute atomic E-state index is 0.0828. The number of methoxy groups -OCH3 is 1. The highest BCUT2D eigenvalue weighted by Crippen LogP contribution is 2.54. The molecule has 1 aliphatic carbocycles. The summed E-state index contributed by atoms with van der Waals surface area (Å²) in [6.45, 7) is 0.823. The highest BCUT2D eigenvalue weighted by molar-refractivity contribution is 5.90. The molecule has 2 aromatic heterocycles. The van der Waals surface area contributed by atoms with E-state index in [4.69, 9.17) is 19.2 Å². The fourth-order valence-electron chi connectivity index (χ4n) is 6.50. The van der Waals surface area contributed by atoms with Gasteiger partial charge < -0.3 is 34.4 Å². The van der Waals surface area contributed by atoms with Crippen LogP contribution < -0.4 is 14.8 Å². The smallest absolute Gasteiger partial charge is 0.320 e. The molecule has 12 nitrogen and oxygen atoms in total. The molecular weight excluding hydrogens is 552 g/mol. The molecule has 1 aromatic carbocycles. The molecule has 3 aliphatic heterocycles. The zero-order chi connectivity index (χ0) is 29.7. The Bertz CT molecular complexity index is 1560. The van der Waals surface area contributed by atoms with Gasteiger partial charge in [0.2, 0.25) is 11.8 Å². The summed E-state index contributed by atoms with van der Waals surface area (Å²) < 4.78 is 19.1. The fraction of sp³-hybridized carbons (Fsp3) is 0.484. The first-order chi connectivity index (χ1) is 20.9. The second-order valence-corrected chi connectivity index (χ2v) is 11.9. The Morgan fingerprint density at radius 1 is 1.21 bits per heavy atom. The number of benzene rings is 1. The van der Waals surface area contributed by atoms with E-state index in [0.29, 0.717) is 36.8 Å². The molecule has 1 saturated carbocycles. The van der Waals surface area contributed by atoms with Crippen molar-refractivity contribution in [2.24, 2.45) is 5.92 Å². The van der Waals surface area contributed by atoms with Gasteiger partial charge in [-0.15, -0.1) is 0 Å². The number of fused-ring (bicyclic) bond motifs is 3. The van der Waals surface area contributed by atoms with Gasteiger partial charge in [-0.3, -0.25) is 4.79 Å². The average molecular weight is 589 g/mol. The first-order valence-electron chi connectivity index (χ1n) is 14.9. The number of hydrogen-bond donors (Lipinski definition) is 2. The Hall–Kier alpha value is -4.16. The predicted octanol–water partition coefficient (Wildman–Crippen LogP) is 2.63. The van der Waals surface area contributed by atoms with Crippen LogP contribution in [0, 0.1) is 5.92 Å². The van der Waals surface area contributed by atoms with Crippen LogP contribution in [0.5, 0.6) is 11.6 Å². The van der Waals surface area contributed by atoms with Crippen LogP contribution in [0.15, 0.2) is 54.9 Å². The van der Waals surface area contributed by atoms with Crippen LogP contribution >= 0.6 is 0 Å². The van der Waals surface area contributed by atoms with Crippen LogP contribution in [-0.2, 0) is 9.53 Å². The lowest BCUT2D eigenvalue weighted by Gasteiger charge is -2.30. The number of aliphatic hydroxyl groups excluding tert-OH is 1. The number of nitrogens with one attached hydrogen (secondary N) is 1. The lowest BCUT2D eigenvalue weighted by molar-refractivity contribution is -0.126. The topological polar surface area (TPSA) is 135 Å². The molecule has 3 fully saturated rings. The van der Waals surface area contributed by atoms with Crippen LogP contribution in [0.2, 0.25) is 0 Å². The molecule has 12 heteroatoms. The number of nitrogens with zero attached hydrogens (tertiary/aromatic N) is 5. The Labute approximate surface area is 249 Å². The quantitative estimate of drug-likeness (QED) is 0.343. The maximum atomic E-state index is 13.9. The molecule has 43 heavy (non-hydrogen) atoms. The van der Waals surface area contributed by atoms with Gasteiger partial charge in [-0.2, -0.15) is 10.1 Å². The second-order valence-electron chi connectivity index (χ2n) is 11.9. The lowest BCUT2D eigenvalue weighted by atomic mass is 10.1. The molecule has 7 rings (SSSR count). The third-order valence-electron chi connectivity index (χ3n) is 9.02. The molecule has 226 valence electrons. The minimum Gasteiger partial charge on any atom is -0.497 e. The largest absolute Gasteiger partial charge is 0.497 e. The normalized spacial score (nSPS) is 31.6. The summed E-state index contributed by atoms with van der Waals surface area (Å²) in [4.78, 5) is 35.7. The number of hydrogen-bond acceptors (Lipinski definition) is 8. The van der Waals surface area contributed by atoms with Crippen molar-refractivity contribution in [1.29, 1.82) is 0 Å². The summed E-state index contributed by atoms with van der Waals surface area (Å²) in [6.07, 6.45) is 9.62. The van der Waals surface area contributed by atoms with Gasteiger partial charge in [-0.25, -0.2) is 9.48 Å². The van der Waals surface area contributed by atoms with E-state index in [1.807, 2.05) is 30.3 Å². The Kier molecular flexibility index (Phi) is 6.97. The van der Waals surface area contributed by atoms with Gasteiger partial charge in [-0.1, -0.05) is 12.2 Å². The zero-order valence-corrected chi connectivity index (χ0v) is 24.3. The van der Waals surface area contributed by atoms with E-state index in [1.165, 1.54) is 0 Å². The fourth-order valence-corrected chi connectivity index (χ4v) is 6.50. The minimum atomic E-state index is -0.888. The standard InChI is InChI=1S/C31H36N6O6/c1-35-12-6-4-3-5-8-20-17-31(20,26-29(39)43-26)34-27(38)24-16-22(18-36(24)30(35)40)42-28-23-10-9-21(41-2)14-19(23)15-25(33-28)37-13-7-11-32-37/h5,7-11,13-15,20,22,24,26,29,39H,3-4,6,12,16-18H2,1-2H3,(H,34,38)/b8-5-/t20-,22-,24+,26?,29?,31-/m1/s1. The zero-order valence-electron chi connectivity index (χ0n) is 24.3. The van der Waals surface area contributed by atoms with Crippen molar-refractivity contribution in [3.63, 3.8) is 0 Å². The first-order valence-corrected chi connectivity index (χ1v) is 14.9. The summed E-state index contributed by atoms with van der Waals surface area (Å²) in [6, 6.07) is 8.42. The molecule has 5 heterocycles. The van der Waals surface area contributed by atoms with Gasteiger partial charge in [0.05, 0.1) is 19.2 Å². The number of ether oxygens (including phenoxy) is 3. The van der Waals surface area contributed by atoms with Crippen LogP contribution in [0.25, 0.3) is 16.6 Å². The molecule has 6 atom stereocenters. The summed E-state index contributed by atoms with van der Waals surface area (Å²) in [5.74, 6) is 1.48. The number of aliphatic hydroxyl groups is 1. The summed E-state index contributed by atoms with van der Waals surface area (Å²) in [5, 5.41) is 19.3. The molecule has 2 unspecified atom stereocenters. The van der Waals surface area contributed by atoms with Crippen molar-refractivity contribution in [2.45, 2.75) is 62.2 Å². The van der Waals surface area contributed by atoms with Crippen molar-refractivity contribution in [1.82, 2.24) is 29.9 Å². The molecular formula is C31H36N6O6. The summed E-state index contributed by atoms with van der Waals surface area (Å²) >= 11 is 0. The monoisotopic (exact) mass is 588 g/mol. The van der Waals surface area contributed by atoms with Crippen LogP contribution in [0.3, 0.4) is 0 Å². The molecule has 4 aliphatic rings. The number of rotatable bonds is 5. The number of carbonyl (C=O) groups excluding carboxylic acids is 2. The Morgan fingerprint density at radius 2 is 2.07 bits per heavy atom. The number of pyridine rings is 1. The van der Waals surface area contributed by atoms with Gasteiger partial charge >= 0.3 is 6.03 Å². The number of allylic oxidation sites excluding steroid dienone is 1. The highest BCUT2D eigenvalue weighted by Gasteiger charge is 2.68. The second kappa shape index (κ2) is 10.8. The molecule has 2 N–H and O–H groups in total. The van der Waals surface area contributed by atoms with Gasteiger partial charge in [0.15, 0.2) is 12.1 Å². The third kappa shape index (κ3) is 5.18. The van der Waals surface area contributed by atoms with E-state index < -0.39 is 30.1 Å². The van der Waals surface area contributed by atoms with Crippen molar-refractivity contribution < 1.29 is 28.9 Å². The molecule has 0 spiro atoms. The van der Waals surface area contributed by atoms with E-state index in [9.17, 15) is 14.7 Å². The number of amides is 3. The van der Waals surface area contributed by atoms with Crippen LogP contribution in [-0.4, -0.2) is 98.9 Å².